The van der Waals surface area contributed by atoms with E-state index < -0.39 is 12.1 Å². The van der Waals surface area contributed by atoms with Gasteiger partial charge in [-0.25, -0.2) is 0 Å². The molecule has 0 aliphatic rings. The van der Waals surface area contributed by atoms with Crippen molar-refractivity contribution in [3.63, 3.8) is 0 Å². The van der Waals surface area contributed by atoms with Crippen molar-refractivity contribution in [1.82, 2.24) is 5.32 Å². The summed E-state index contributed by atoms with van der Waals surface area (Å²) < 4.78 is 5.48. The van der Waals surface area contributed by atoms with E-state index in [2.05, 4.69) is 19.2 Å². The van der Waals surface area contributed by atoms with Crippen molar-refractivity contribution in [1.29, 1.82) is 0 Å². The fourth-order valence-electron chi connectivity index (χ4n) is 13.0. The minimum atomic E-state index is -0.841. The van der Waals surface area contributed by atoms with Gasteiger partial charge in [-0.3, -0.25) is 9.59 Å². The molecule has 1 amide bonds. The maximum atomic E-state index is 12.5. The summed E-state index contributed by atoms with van der Waals surface area (Å²) in [5.41, 5.74) is 0. The second kappa shape index (κ2) is 76.1. The zero-order valence-electron chi connectivity index (χ0n) is 58.8. The Morgan fingerprint density at radius 1 is 0.314 bits per heavy atom. The van der Waals surface area contributed by atoms with E-state index in [1.54, 1.807) is 6.08 Å². The number of amides is 1. The fraction of sp³-hybridized carbons (Fsp3) is 0.950. The van der Waals surface area contributed by atoms with E-state index in [9.17, 15) is 19.8 Å². The van der Waals surface area contributed by atoms with Gasteiger partial charge in [0.05, 0.1) is 25.4 Å². The monoisotopic (exact) mass is 1210 g/mol. The number of ether oxygens (including phenoxy) is 1. The Morgan fingerprint density at radius 2 is 0.535 bits per heavy atom. The lowest BCUT2D eigenvalue weighted by atomic mass is 10.0. The van der Waals surface area contributed by atoms with Gasteiger partial charge in [-0.1, -0.05) is 431 Å². The normalized spacial score (nSPS) is 12.5. The quantitative estimate of drug-likeness (QED) is 0.0320. The van der Waals surface area contributed by atoms with E-state index >= 15 is 0 Å². The van der Waals surface area contributed by atoms with Crippen LogP contribution in [0.15, 0.2) is 12.2 Å². The van der Waals surface area contributed by atoms with Crippen LogP contribution >= 0.6 is 0 Å². The molecule has 0 fully saturated rings. The highest BCUT2D eigenvalue weighted by Gasteiger charge is 2.18. The molecule has 512 valence electrons. The van der Waals surface area contributed by atoms with Crippen LogP contribution in [0.5, 0.6) is 0 Å². The van der Waals surface area contributed by atoms with Gasteiger partial charge >= 0.3 is 5.97 Å². The first-order chi connectivity index (χ1) is 42.5. The standard InChI is InChI=1S/C80H157NO5/c1-3-5-7-9-11-13-15-16-17-18-19-37-40-43-46-49-53-56-60-64-68-72-78(83)77(76-82)81-79(84)73-69-65-61-57-54-50-47-44-41-38-35-33-31-29-27-25-23-21-20-22-24-26-28-30-32-34-36-39-42-45-48-51-55-59-63-67-71-75-86-80(85)74-70-66-62-58-52-14-12-10-8-6-4-2/h68,72,77-78,82-83H,3-67,69-71,73-76H2,1-2H3,(H,81,84)/b72-68+. The number of hydrogen-bond acceptors (Lipinski definition) is 5. The second-order valence-electron chi connectivity index (χ2n) is 27.8. The number of aliphatic hydroxyl groups is 2. The molecule has 6 heteroatoms. The molecule has 0 aliphatic carbocycles. The first kappa shape index (κ1) is 84.6. The average molecular weight is 1210 g/mol. The molecule has 0 saturated heterocycles. The zero-order valence-corrected chi connectivity index (χ0v) is 58.8. The molecule has 3 N–H and O–H groups in total. The lowest BCUT2D eigenvalue weighted by Gasteiger charge is -2.20. The Labute approximate surface area is 539 Å². The third-order valence-corrected chi connectivity index (χ3v) is 19.1. The van der Waals surface area contributed by atoms with Gasteiger partial charge in [-0.2, -0.15) is 0 Å². The summed E-state index contributed by atoms with van der Waals surface area (Å²) in [6.45, 7) is 4.96. The van der Waals surface area contributed by atoms with Crippen LogP contribution in [0, 0.1) is 0 Å². The van der Waals surface area contributed by atoms with Gasteiger partial charge in [-0.05, 0) is 32.1 Å². The Hall–Kier alpha value is -1.40. The molecule has 0 radical (unpaired) electrons. The van der Waals surface area contributed by atoms with E-state index in [1.165, 1.54) is 398 Å². The van der Waals surface area contributed by atoms with E-state index in [1.807, 2.05) is 6.08 Å². The molecular formula is C80H157NO5. The third-order valence-electron chi connectivity index (χ3n) is 19.1. The smallest absolute Gasteiger partial charge is 0.305 e. The SMILES string of the molecule is CCCCCCCCCCCCCCCCCCCCC/C=C/C(O)C(CO)NC(=O)CCCCCCCCCCCCCCCCCCCCCCCCCCCCCCCCCCCCCCCOC(=O)CCCCCCCCCCCCC. The van der Waals surface area contributed by atoms with Crippen LogP contribution in [0.1, 0.15) is 463 Å². The molecular weight excluding hydrogens is 1050 g/mol. The summed E-state index contributed by atoms with van der Waals surface area (Å²) in [5.74, 6) is -0.0331. The minimum absolute atomic E-state index is 0.0239. The minimum Gasteiger partial charge on any atom is -0.466 e. The van der Waals surface area contributed by atoms with Crippen molar-refractivity contribution in [2.75, 3.05) is 13.2 Å². The molecule has 0 aromatic rings. The molecule has 0 aromatic carbocycles. The van der Waals surface area contributed by atoms with Gasteiger partial charge in [0.25, 0.3) is 0 Å². The van der Waals surface area contributed by atoms with Crippen LogP contribution in [0.4, 0.5) is 0 Å². The van der Waals surface area contributed by atoms with Crippen molar-refractivity contribution >= 4 is 11.9 Å². The summed E-state index contributed by atoms with van der Waals surface area (Å²) >= 11 is 0. The molecule has 0 spiro atoms. The second-order valence-corrected chi connectivity index (χ2v) is 27.8. The Morgan fingerprint density at radius 3 is 0.791 bits per heavy atom. The van der Waals surface area contributed by atoms with E-state index in [-0.39, 0.29) is 18.5 Å². The first-order valence-electron chi connectivity index (χ1n) is 40.0. The van der Waals surface area contributed by atoms with Gasteiger partial charge in [0.2, 0.25) is 5.91 Å². The molecule has 0 saturated carbocycles. The summed E-state index contributed by atoms with van der Waals surface area (Å²) in [6.07, 6.45) is 96.4. The lowest BCUT2D eigenvalue weighted by molar-refractivity contribution is -0.143. The molecule has 2 atom stereocenters. The summed E-state index contributed by atoms with van der Waals surface area (Å²) in [4.78, 5) is 24.6. The van der Waals surface area contributed by atoms with E-state index in [0.29, 0.717) is 19.4 Å². The number of carbonyl (C=O) groups excluding carboxylic acids is 2. The fourth-order valence-corrected chi connectivity index (χ4v) is 13.0. The number of allylic oxidation sites excluding steroid dienone is 1. The average Bonchev–Trinajstić information content (AvgIpc) is 3.58. The van der Waals surface area contributed by atoms with Crippen molar-refractivity contribution in [3.05, 3.63) is 12.2 Å². The first-order valence-corrected chi connectivity index (χ1v) is 40.0. The Balaban J connectivity index is 3.32. The molecule has 2 unspecified atom stereocenters. The van der Waals surface area contributed by atoms with Crippen LogP contribution in [0.25, 0.3) is 0 Å². The predicted octanol–water partition coefficient (Wildman–Crippen LogP) is 26.3. The van der Waals surface area contributed by atoms with Crippen molar-refractivity contribution < 1.29 is 24.5 Å². The van der Waals surface area contributed by atoms with Gasteiger partial charge in [-0.15, -0.1) is 0 Å². The van der Waals surface area contributed by atoms with Gasteiger partial charge < -0.3 is 20.3 Å². The number of esters is 1. The number of rotatable bonds is 76. The Bertz CT molecular complexity index is 1300. The molecule has 0 aliphatic heterocycles. The third kappa shape index (κ3) is 71.7. The highest BCUT2D eigenvalue weighted by molar-refractivity contribution is 5.76. The van der Waals surface area contributed by atoms with Gasteiger partial charge in [0, 0.05) is 12.8 Å². The van der Waals surface area contributed by atoms with E-state index in [4.69, 9.17) is 4.74 Å². The molecule has 6 nitrogen and oxygen atoms in total. The molecule has 86 heavy (non-hydrogen) atoms. The lowest BCUT2D eigenvalue weighted by Crippen LogP contribution is -2.45. The van der Waals surface area contributed by atoms with Crippen LogP contribution in [0.3, 0.4) is 0 Å². The molecule has 0 rings (SSSR count). The maximum absolute atomic E-state index is 12.5. The van der Waals surface area contributed by atoms with Crippen LogP contribution in [-0.2, 0) is 14.3 Å². The summed E-state index contributed by atoms with van der Waals surface area (Å²) in [7, 11) is 0. The molecule has 0 bridgehead atoms. The Kier molecular flexibility index (Phi) is 74.8. The number of hydrogen-bond donors (Lipinski definition) is 3. The van der Waals surface area contributed by atoms with Gasteiger partial charge in [0.15, 0.2) is 0 Å². The van der Waals surface area contributed by atoms with Crippen LogP contribution in [-0.4, -0.2) is 47.4 Å². The maximum Gasteiger partial charge on any atom is 0.305 e. The highest BCUT2D eigenvalue weighted by Crippen LogP contribution is 2.20. The number of carbonyl (C=O) groups is 2. The number of aliphatic hydroxyl groups excluding tert-OH is 2. The largest absolute Gasteiger partial charge is 0.466 e. The molecule has 0 heterocycles. The zero-order chi connectivity index (χ0) is 62.0. The van der Waals surface area contributed by atoms with E-state index in [0.717, 1.165) is 38.5 Å². The van der Waals surface area contributed by atoms with Crippen molar-refractivity contribution in [2.24, 2.45) is 0 Å². The predicted molar refractivity (Wildman–Crippen MR) is 380 cm³/mol. The topological polar surface area (TPSA) is 95.9 Å². The number of unbranched alkanes of at least 4 members (excludes halogenated alkanes) is 65. The highest BCUT2D eigenvalue weighted by atomic mass is 16.5. The summed E-state index contributed by atoms with van der Waals surface area (Å²) in [5, 5.41) is 23.3. The van der Waals surface area contributed by atoms with Crippen LogP contribution < -0.4 is 5.32 Å². The van der Waals surface area contributed by atoms with Gasteiger partial charge in [0.1, 0.15) is 0 Å². The van der Waals surface area contributed by atoms with Crippen molar-refractivity contribution in [3.8, 4) is 0 Å². The van der Waals surface area contributed by atoms with Crippen LogP contribution in [0.2, 0.25) is 0 Å². The van der Waals surface area contributed by atoms with Crippen molar-refractivity contribution in [2.45, 2.75) is 475 Å². The summed E-state index contributed by atoms with van der Waals surface area (Å²) in [6, 6.07) is -0.624. The molecule has 0 aromatic heterocycles. The number of nitrogens with one attached hydrogen (secondary N) is 1.